The van der Waals surface area contributed by atoms with Crippen LogP contribution >= 0.6 is 23.1 Å². The summed E-state index contributed by atoms with van der Waals surface area (Å²) in [6.07, 6.45) is 2.36. The number of thiazole rings is 1. The van der Waals surface area contributed by atoms with Gasteiger partial charge in [0.2, 0.25) is 5.89 Å². The molecule has 102 valence electrons. The van der Waals surface area contributed by atoms with Gasteiger partial charge in [-0.05, 0) is 19.1 Å². The average molecular weight is 304 g/mol. The Balaban J connectivity index is 1.59. The first-order valence-corrected chi connectivity index (χ1v) is 7.92. The molecule has 0 N–H and O–H groups in total. The summed E-state index contributed by atoms with van der Waals surface area (Å²) in [5, 5.41) is 11.7. The summed E-state index contributed by atoms with van der Waals surface area (Å²) < 4.78 is 5.60. The zero-order valence-corrected chi connectivity index (χ0v) is 12.4. The third kappa shape index (κ3) is 3.43. The van der Waals surface area contributed by atoms with Crippen LogP contribution in [-0.4, -0.2) is 20.2 Å². The third-order valence-electron chi connectivity index (χ3n) is 2.52. The molecule has 0 fully saturated rings. The minimum absolute atomic E-state index is 0.567. The predicted molar refractivity (Wildman–Crippen MR) is 77.8 cm³/mol. The molecule has 3 aromatic rings. The fourth-order valence-corrected chi connectivity index (χ4v) is 2.94. The summed E-state index contributed by atoms with van der Waals surface area (Å²) in [6, 6.07) is 5.84. The lowest BCUT2D eigenvalue weighted by Gasteiger charge is -1.95. The zero-order valence-electron chi connectivity index (χ0n) is 10.8. The van der Waals surface area contributed by atoms with E-state index in [4.69, 9.17) is 4.42 Å². The maximum Gasteiger partial charge on any atom is 0.276 e. The first kappa shape index (κ1) is 13.3. The maximum absolute atomic E-state index is 5.60. The molecule has 0 aromatic carbocycles. The van der Waals surface area contributed by atoms with Crippen LogP contribution in [0.25, 0.3) is 0 Å². The first-order chi connectivity index (χ1) is 9.79. The summed E-state index contributed by atoms with van der Waals surface area (Å²) in [5.41, 5.74) is 1.96. The standard InChI is InChI=1S/C13H12N4OS2/c1-9-15-11(8-19-9)6-12-16-17-13(18-12)20-7-10-4-2-3-5-14-10/h2-5,8H,6-7H2,1H3. The Morgan fingerprint density at radius 3 is 2.95 bits per heavy atom. The largest absolute Gasteiger partial charge is 0.416 e. The maximum atomic E-state index is 5.60. The molecule has 0 aliphatic carbocycles. The van der Waals surface area contributed by atoms with Crippen LogP contribution in [0.1, 0.15) is 22.3 Å². The van der Waals surface area contributed by atoms with Crippen LogP contribution in [0.2, 0.25) is 0 Å². The van der Waals surface area contributed by atoms with Gasteiger partial charge in [0.15, 0.2) is 0 Å². The lowest BCUT2D eigenvalue weighted by molar-refractivity contribution is 0.419. The molecular formula is C13H12N4OS2. The number of aryl methyl sites for hydroxylation is 1. The Kier molecular flexibility index (Phi) is 4.08. The molecule has 0 amide bonds. The van der Waals surface area contributed by atoms with Crippen LogP contribution in [0.4, 0.5) is 0 Å². The van der Waals surface area contributed by atoms with Crippen molar-refractivity contribution in [2.75, 3.05) is 0 Å². The van der Waals surface area contributed by atoms with Crippen molar-refractivity contribution < 1.29 is 4.42 Å². The second-order valence-corrected chi connectivity index (χ2v) is 6.09. The Bertz CT molecular complexity index is 681. The number of pyridine rings is 1. The van der Waals surface area contributed by atoms with Crippen LogP contribution in [-0.2, 0) is 12.2 Å². The second-order valence-electron chi connectivity index (χ2n) is 4.11. The number of thioether (sulfide) groups is 1. The molecule has 3 heterocycles. The second kappa shape index (κ2) is 6.15. The monoisotopic (exact) mass is 304 g/mol. The smallest absolute Gasteiger partial charge is 0.276 e. The molecule has 5 nitrogen and oxygen atoms in total. The highest BCUT2D eigenvalue weighted by Gasteiger charge is 2.09. The topological polar surface area (TPSA) is 64.7 Å². The summed E-state index contributed by atoms with van der Waals surface area (Å²) in [6.45, 7) is 1.98. The number of hydrogen-bond acceptors (Lipinski definition) is 7. The van der Waals surface area contributed by atoms with E-state index in [1.54, 1.807) is 17.5 Å². The van der Waals surface area contributed by atoms with Gasteiger partial charge in [0.1, 0.15) is 0 Å². The van der Waals surface area contributed by atoms with Crippen molar-refractivity contribution in [3.05, 3.63) is 52.1 Å². The Labute approximate surface area is 124 Å². The van der Waals surface area contributed by atoms with E-state index < -0.39 is 0 Å². The molecule has 0 atom stereocenters. The zero-order chi connectivity index (χ0) is 13.8. The SMILES string of the molecule is Cc1nc(Cc2nnc(SCc3ccccn3)o2)cs1. The molecule has 0 unspecified atom stereocenters. The van der Waals surface area contributed by atoms with Crippen molar-refractivity contribution >= 4 is 23.1 Å². The van der Waals surface area contributed by atoms with Crippen molar-refractivity contribution in [3.8, 4) is 0 Å². The molecule has 0 bridgehead atoms. The van der Waals surface area contributed by atoms with Crippen molar-refractivity contribution in [3.63, 3.8) is 0 Å². The Morgan fingerprint density at radius 2 is 2.20 bits per heavy atom. The Morgan fingerprint density at radius 1 is 1.25 bits per heavy atom. The molecule has 0 saturated carbocycles. The Hall–Kier alpha value is -1.73. The minimum Gasteiger partial charge on any atom is -0.416 e. The molecule has 3 aromatic heterocycles. The quantitative estimate of drug-likeness (QED) is 0.675. The molecule has 0 aliphatic heterocycles. The van der Waals surface area contributed by atoms with Gasteiger partial charge in [0.05, 0.1) is 22.8 Å². The van der Waals surface area contributed by atoms with E-state index >= 15 is 0 Å². The van der Waals surface area contributed by atoms with Crippen LogP contribution < -0.4 is 0 Å². The summed E-state index contributed by atoms with van der Waals surface area (Å²) >= 11 is 3.11. The molecule has 0 aliphatic rings. The fourth-order valence-electron chi connectivity index (χ4n) is 1.63. The van der Waals surface area contributed by atoms with Crippen LogP contribution in [0.15, 0.2) is 39.4 Å². The molecule has 3 rings (SSSR count). The normalized spacial score (nSPS) is 10.8. The van der Waals surface area contributed by atoms with Gasteiger partial charge in [-0.3, -0.25) is 4.98 Å². The molecule has 0 saturated heterocycles. The van der Waals surface area contributed by atoms with Gasteiger partial charge in [0.25, 0.3) is 5.22 Å². The highest BCUT2D eigenvalue weighted by Crippen LogP contribution is 2.21. The van der Waals surface area contributed by atoms with E-state index in [1.165, 1.54) is 11.8 Å². The number of nitrogens with zero attached hydrogens (tertiary/aromatic N) is 4. The van der Waals surface area contributed by atoms with Gasteiger partial charge in [-0.15, -0.1) is 21.5 Å². The van der Waals surface area contributed by atoms with E-state index in [2.05, 4.69) is 20.2 Å². The van der Waals surface area contributed by atoms with E-state index in [-0.39, 0.29) is 0 Å². The molecule has 0 spiro atoms. The minimum atomic E-state index is 0.567. The van der Waals surface area contributed by atoms with Gasteiger partial charge in [-0.1, -0.05) is 17.8 Å². The lowest BCUT2D eigenvalue weighted by atomic mass is 10.3. The van der Waals surface area contributed by atoms with E-state index in [9.17, 15) is 0 Å². The van der Waals surface area contributed by atoms with E-state index in [0.717, 1.165) is 22.1 Å². The van der Waals surface area contributed by atoms with Crippen molar-refractivity contribution in [1.29, 1.82) is 0 Å². The summed E-state index contributed by atoms with van der Waals surface area (Å²) in [5.74, 6) is 1.32. The first-order valence-electron chi connectivity index (χ1n) is 6.06. The predicted octanol–water partition coefficient (Wildman–Crippen LogP) is 3.11. The van der Waals surface area contributed by atoms with Crippen LogP contribution in [0, 0.1) is 6.92 Å². The highest BCUT2D eigenvalue weighted by molar-refractivity contribution is 7.98. The fraction of sp³-hybridized carbons (Fsp3) is 0.231. The summed E-state index contributed by atoms with van der Waals surface area (Å²) in [4.78, 5) is 8.63. The average Bonchev–Trinajstić information content (AvgIpc) is 3.08. The van der Waals surface area contributed by atoms with Crippen molar-refractivity contribution in [2.45, 2.75) is 24.3 Å². The van der Waals surface area contributed by atoms with Gasteiger partial charge in [-0.25, -0.2) is 4.98 Å². The molecular weight excluding hydrogens is 292 g/mol. The van der Waals surface area contributed by atoms with E-state index in [0.29, 0.717) is 17.5 Å². The van der Waals surface area contributed by atoms with E-state index in [1.807, 2.05) is 30.5 Å². The third-order valence-corrected chi connectivity index (χ3v) is 4.19. The molecule has 20 heavy (non-hydrogen) atoms. The van der Waals surface area contributed by atoms with Gasteiger partial charge in [0, 0.05) is 17.3 Å². The van der Waals surface area contributed by atoms with Crippen molar-refractivity contribution in [2.24, 2.45) is 0 Å². The summed E-state index contributed by atoms with van der Waals surface area (Å²) in [7, 11) is 0. The van der Waals surface area contributed by atoms with Crippen LogP contribution in [0.5, 0.6) is 0 Å². The van der Waals surface area contributed by atoms with Crippen LogP contribution in [0.3, 0.4) is 0 Å². The number of hydrogen-bond donors (Lipinski definition) is 0. The number of aromatic nitrogens is 4. The highest BCUT2D eigenvalue weighted by atomic mass is 32.2. The van der Waals surface area contributed by atoms with Gasteiger partial charge >= 0.3 is 0 Å². The lowest BCUT2D eigenvalue weighted by Crippen LogP contribution is -1.88. The molecule has 7 heteroatoms. The van der Waals surface area contributed by atoms with Crippen molar-refractivity contribution in [1.82, 2.24) is 20.2 Å². The van der Waals surface area contributed by atoms with Gasteiger partial charge in [-0.2, -0.15) is 0 Å². The molecule has 0 radical (unpaired) electrons. The number of rotatable bonds is 5. The van der Waals surface area contributed by atoms with Gasteiger partial charge < -0.3 is 4.42 Å².